The summed E-state index contributed by atoms with van der Waals surface area (Å²) in [5.41, 5.74) is 0.800. The van der Waals surface area contributed by atoms with Crippen LogP contribution in [0, 0.1) is 0 Å². The molecule has 112 valence electrons. The van der Waals surface area contributed by atoms with E-state index in [1.54, 1.807) is 19.4 Å². The van der Waals surface area contributed by atoms with Gasteiger partial charge in [-0.15, -0.1) is 0 Å². The van der Waals surface area contributed by atoms with Gasteiger partial charge in [0.2, 0.25) is 10.0 Å². The zero-order chi connectivity index (χ0) is 15.5. The SMILES string of the molecule is COc1ccccc1CN(C)S(=O)(=O)c1cncc(Br)c1. The van der Waals surface area contributed by atoms with Crippen LogP contribution in [0.5, 0.6) is 5.75 Å². The van der Waals surface area contributed by atoms with Crippen LogP contribution in [0.2, 0.25) is 0 Å². The van der Waals surface area contributed by atoms with Crippen LogP contribution in [0.1, 0.15) is 5.56 Å². The number of hydrogen-bond donors (Lipinski definition) is 0. The van der Waals surface area contributed by atoms with Gasteiger partial charge in [0.15, 0.2) is 0 Å². The molecule has 21 heavy (non-hydrogen) atoms. The fourth-order valence-electron chi connectivity index (χ4n) is 1.87. The van der Waals surface area contributed by atoms with Crippen LogP contribution >= 0.6 is 15.9 Å². The first-order valence-corrected chi connectivity index (χ1v) is 8.37. The zero-order valence-electron chi connectivity index (χ0n) is 11.7. The third-order valence-electron chi connectivity index (χ3n) is 2.97. The van der Waals surface area contributed by atoms with E-state index in [1.165, 1.54) is 23.6 Å². The van der Waals surface area contributed by atoms with Gasteiger partial charge in [0.05, 0.1) is 7.11 Å². The summed E-state index contributed by atoms with van der Waals surface area (Å²) >= 11 is 3.23. The Morgan fingerprint density at radius 3 is 2.67 bits per heavy atom. The van der Waals surface area contributed by atoms with Crippen molar-refractivity contribution < 1.29 is 13.2 Å². The Bertz CT molecular complexity index is 735. The maximum Gasteiger partial charge on any atom is 0.244 e. The lowest BCUT2D eigenvalue weighted by Crippen LogP contribution is -2.26. The van der Waals surface area contributed by atoms with Crippen molar-refractivity contribution in [1.29, 1.82) is 0 Å². The molecule has 1 heterocycles. The molecule has 0 unspecified atom stereocenters. The van der Waals surface area contributed by atoms with Gasteiger partial charge in [-0.3, -0.25) is 4.98 Å². The number of halogens is 1. The molecule has 0 aliphatic heterocycles. The molecule has 0 saturated heterocycles. The lowest BCUT2D eigenvalue weighted by Gasteiger charge is -2.18. The fraction of sp³-hybridized carbons (Fsp3) is 0.214. The van der Waals surface area contributed by atoms with Crippen LogP contribution < -0.4 is 4.74 Å². The molecule has 0 spiro atoms. The third kappa shape index (κ3) is 3.61. The van der Waals surface area contributed by atoms with E-state index in [9.17, 15) is 8.42 Å². The van der Waals surface area contributed by atoms with Gasteiger partial charge in [0.1, 0.15) is 10.6 Å². The highest BCUT2D eigenvalue weighted by Gasteiger charge is 2.22. The summed E-state index contributed by atoms with van der Waals surface area (Å²) in [7, 11) is -0.508. The molecule has 0 radical (unpaired) electrons. The molecule has 0 bridgehead atoms. The highest BCUT2D eigenvalue weighted by atomic mass is 79.9. The Morgan fingerprint density at radius 1 is 1.29 bits per heavy atom. The predicted octanol–water partition coefficient (Wildman–Crippen LogP) is 2.67. The van der Waals surface area contributed by atoms with Crippen LogP contribution in [0.3, 0.4) is 0 Å². The zero-order valence-corrected chi connectivity index (χ0v) is 14.1. The molecule has 1 aromatic carbocycles. The average Bonchev–Trinajstić information content (AvgIpc) is 2.47. The molecule has 0 aliphatic rings. The summed E-state index contributed by atoms with van der Waals surface area (Å²) < 4.78 is 32.2. The molecule has 0 atom stereocenters. The van der Waals surface area contributed by atoms with Crippen LogP contribution in [-0.2, 0) is 16.6 Å². The van der Waals surface area contributed by atoms with Crippen molar-refractivity contribution in [3.63, 3.8) is 0 Å². The topological polar surface area (TPSA) is 59.5 Å². The van der Waals surface area contributed by atoms with Gasteiger partial charge in [0.25, 0.3) is 0 Å². The van der Waals surface area contributed by atoms with E-state index < -0.39 is 10.0 Å². The monoisotopic (exact) mass is 370 g/mol. The van der Waals surface area contributed by atoms with Gasteiger partial charge < -0.3 is 4.74 Å². The minimum atomic E-state index is -3.60. The number of benzene rings is 1. The van der Waals surface area contributed by atoms with Crippen molar-refractivity contribution in [2.24, 2.45) is 0 Å². The van der Waals surface area contributed by atoms with Crippen LogP contribution in [0.4, 0.5) is 0 Å². The molecule has 2 rings (SSSR count). The van der Waals surface area contributed by atoms with E-state index >= 15 is 0 Å². The number of aromatic nitrogens is 1. The van der Waals surface area contributed by atoms with Gasteiger partial charge >= 0.3 is 0 Å². The van der Waals surface area contributed by atoms with E-state index in [-0.39, 0.29) is 11.4 Å². The fourth-order valence-corrected chi connectivity index (χ4v) is 3.53. The smallest absolute Gasteiger partial charge is 0.244 e. The van der Waals surface area contributed by atoms with Gasteiger partial charge in [-0.25, -0.2) is 8.42 Å². The Balaban J connectivity index is 2.29. The number of pyridine rings is 1. The first-order valence-electron chi connectivity index (χ1n) is 6.14. The average molecular weight is 371 g/mol. The summed E-state index contributed by atoms with van der Waals surface area (Å²) in [6.07, 6.45) is 2.87. The van der Waals surface area contributed by atoms with Crippen LogP contribution in [-0.4, -0.2) is 31.9 Å². The molecule has 0 fully saturated rings. The van der Waals surface area contributed by atoms with E-state index in [4.69, 9.17) is 4.74 Å². The minimum Gasteiger partial charge on any atom is -0.496 e. The molecule has 1 aromatic heterocycles. The first kappa shape index (κ1) is 15.9. The maximum atomic E-state index is 12.5. The van der Waals surface area contributed by atoms with Crippen molar-refractivity contribution in [1.82, 2.24) is 9.29 Å². The van der Waals surface area contributed by atoms with Gasteiger partial charge in [-0.1, -0.05) is 18.2 Å². The summed E-state index contributed by atoms with van der Waals surface area (Å²) in [6.45, 7) is 0.221. The minimum absolute atomic E-state index is 0.147. The largest absolute Gasteiger partial charge is 0.496 e. The molecule has 5 nitrogen and oxygen atoms in total. The Hall–Kier alpha value is -1.44. The van der Waals surface area contributed by atoms with Crippen LogP contribution in [0.15, 0.2) is 52.1 Å². The van der Waals surface area contributed by atoms with Gasteiger partial charge in [0, 0.05) is 36.0 Å². The predicted molar refractivity (Wildman–Crippen MR) is 83.6 cm³/mol. The van der Waals surface area contributed by atoms with Crippen molar-refractivity contribution in [2.45, 2.75) is 11.4 Å². The number of ether oxygens (including phenoxy) is 1. The van der Waals surface area contributed by atoms with Crippen molar-refractivity contribution in [3.05, 3.63) is 52.8 Å². The molecule has 0 saturated carbocycles. The van der Waals surface area contributed by atoms with Crippen molar-refractivity contribution >= 4 is 26.0 Å². The molecule has 0 amide bonds. The van der Waals surface area contributed by atoms with E-state index in [2.05, 4.69) is 20.9 Å². The lowest BCUT2D eigenvalue weighted by molar-refractivity contribution is 0.398. The van der Waals surface area contributed by atoms with E-state index in [0.717, 1.165) is 5.56 Å². The second-order valence-electron chi connectivity index (χ2n) is 4.41. The number of nitrogens with zero attached hydrogens (tertiary/aromatic N) is 2. The first-order chi connectivity index (χ1) is 9.95. The number of sulfonamides is 1. The molecule has 7 heteroatoms. The summed E-state index contributed by atoms with van der Waals surface area (Å²) in [5.74, 6) is 0.659. The lowest BCUT2D eigenvalue weighted by atomic mass is 10.2. The van der Waals surface area contributed by atoms with Crippen molar-refractivity contribution in [2.75, 3.05) is 14.2 Å². The maximum absolute atomic E-state index is 12.5. The number of para-hydroxylation sites is 1. The summed E-state index contributed by atoms with van der Waals surface area (Å²) in [5, 5.41) is 0. The third-order valence-corrected chi connectivity index (χ3v) is 5.18. The molecule has 2 aromatic rings. The van der Waals surface area contributed by atoms with Crippen LogP contribution in [0.25, 0.3) is 0 Å². The molecular formula is C14H15BrN2O3S. The Labute approximate surface area is 132 Å². The van der Waals surface area contributed by atoms with E-state index in [1.807, 2.05) is 18.2 Å². The summed E-state index contributed by atoms with van der Waals surface area (Å²) in [6, 6.07) is 8.86. The van der Waals surface area contributed by atoms with E-state index in [0.29, 0.717) is 10.2 Å². The summed E-state index contributed by atoms with van der Waals surface area (Å²) in [4.78, 5) is 4.04. The highest BCUT2D eigenvalue weighted by molar-refractivity contribution is 9.10. The second-order valence-corrected chi connectivity index (χ2v) is 7.37. The molecule has 0 N–H and O–H groups in total. The molecular weight excluding hydrogens is 356 g/mol. The Kier molecular flexibility index (Phi) is 4.97. The number of methoxy groups -OCH3 is 1. The molecule has 0 aliphatic carbocycles. The number of hydrogen-bond acceptors (Lipinski definition) is 4. The van der Waals surface area contributed by atoms with Gasteiger partial charge in [-0.05, 0) is 28.1 Å². The van der Waals surface area contributed by atoms with Crippen molar-refractivity contribution in [3.8, 4) is 5.75 Å². The highest BCUT2D eigenvalue weighted by Crippen LogP contribution is 2.23. The Morgan fingerprint density at radius 2 is 2.00 bits per heavy atom. The normalized spacial score (nSPS) is 11.6. The second kappa shape index (κ2) is 6.55. The standard InChI is InChI=1S/C14H15BrN2O3S/c1-17(10-11-5-3-4-6-14(11)20-2)21(18,19)13-7-12(15)8-16-9-13/h3-9H,10H2,1-2H3. The quantitative estimate of drug-likeness (QED) is 0.811. The van der Waals surface area contributed by atoms with Gasteiger partial charge in [-0.2, -0.15) is 4.31 Å². The number of rotatable bonds is 5.